The fourth-order valence-corrected chi connectivity index (χ4v) is 3.37. The molecule has 0 saturated heterocycles. The number of carbonyl (C=O) groups excluding carboxylic acids is 1. The summed E-state index contributed by atoms with van der Waals surface area (Å²) in [5.41, 5.74) is 5.78. The number of hydrogen-bond acceptors (Lipinski definition) is 4. The lowest BCUT2D eigenvalue weighted by atomic mass is 10.0. The highest BCUT2D eigenvalue weighted by molar-refractivity contribution is 5.91. The number of carbonyl (C=O) groups is 1. The van der Waals surface area contributed by atoms with Gasteiger partial charge in [-0.05, 0) is 49.6 Å². The van der Waals surface area contributed by atoms with E-state index in [2.05, 4.69) is 63.8 Å². The molecule has 1 aliphatic rings. The molecule has 29 heavy (non-hydrogen) atoms. The van der Waals surface area contributed by atoms with E-state index in [1.165, 1.54) is 11.1 Å². The van der Waals surface area contributed by atoms with Crippen molar-refractivity contribution in [2.45, 2.75) is 20.3 Å². The highest BCUT2D eigenvalue weighted by Gasteiger charge is 2.17. The Hall–Kier alpha value is -3.25. The van der Waals surface area contributed by atoms with Crippen LogP contribution in [0, 0.1) is 13.8 Å². The third kappa shape index (κ3) is 4.78. The van der Waals surface area contributed by atoms with Gasteiger partial charge in [0.05, 0.1) is 18.4 Å². The zero-order valence-corrected chi connectivity index (χ0v) is 16.8. The van der Waals surface area contributed by atoms with Crippen LogP contribution in [0.15, 0.2) is 61.1 Å². The van der Waals surface area contributed by atoms with Crippen LogP contribution in [0.5, 0.6) is 0 Å². The van der Waals surface area contributed by atoms with Crippen molar-refractivity contribution < 1.29 is 4.79 Å². The third-order valence-electron chi connectivity index (χ3n) is 5.09. The standard InChI is InChI=1S/C23H25N5O/c1-17-3-6-21(7-4-17)28-15-20(14-25-28)19-9-11-27(12-10-19)16-23(29)26-22-8-5-18(2)13-24-22/h3-9,13-15H,10-12,16H2,1-2H3,(H,24,26,29). The van der Waals surface area contributed by atoms with Crippen molar-refractivity contribution in [2.75, 3.05) is 25.0 Å². The number of hydrogen-bond donors (Lipinski definition) is 1. The monoisotopic (exact) mass is 387 g/mol. The quantitative estimate of drug-likeness (QED) is 0.726. The Morgan fingerprint density at radius 3 is 2.55 bits per heavy atom. The van der Waals surface area contributed by atoms with Crippen molar-refractivity contribution in [2.24, 2.45) is 0 Å². The van der Waals surface area contributed by atoms with E-state index in [9.17, 15) is 4.79 Å². The summed E-state index contributed by atoms with van der Waals surface area (Å²) in [6.45, 7) is 6.01. The molecule has 0 bridgehead atoms. The summed E-state index contributed by atoms with van der Waals surface area (Å²) in [7, 11) is 0. The van der Waals surface area contributed by atoms with Gasteiger partial charge < -0.3 is 5.32 Å². The van der Waals surface area contributed by atoms with Gasteiger partial charge in [0, 0.05) is 31.0 Å². The number of aromatic nitrogens is 3. The molecule has 3 heterocycles. The van der Waals surface area contributed by atoms with Crippen molar-refractivity contribution in [3.8, 4) is 5.69 Å². The molecule has 1 amide bonds. The zero-order chi connectivity index (χ0) is 20.2. The Labute approximate surface area is 170 Å². The minimum atomic E-state index is -0.0367. The number of anilines is 1. The first-order valence-electron chi connectivity index (χ1n) is 9.83. The first-order valence-corrected chi connectivity index (χ1v) is 9.83. The summed E-state index contributed by atoms with van der Waals surface area (Å²) >= 11 is 0. The summed E-state index contributed by atoms with van der Waals surface area (Å²) in [5.74, 6) is 0.558. The lowest BCUT2D eigenvalue weighted by Crippen LogP contribution is -2.36. The fourth-order valence-electron chi connectivity index (χ4n) is 3.37. The fraction of sp³-hybridized carbons (Fsp3) is 0.261. The molecule has 0 unspecified atom stereocenters. The van der Waals surface area contributed by atoms with E-state index in [1.54, 1.807) is 6.20 Å². The maximum Gasteiger partial charge on any atom is 0.239 e. The van der Waals surface area contributed by atoms with Crippen LogP contribution in [0.2, 0.25) is 0 Å². The van der Waals surface area contributed by atoms with Gasteiger partial charge >= 0.3 is 0 Å². The minimum Gasteiger partial charge on any atom is -0.310 e. The molecule has 0 aliphatic carbocycles. The molecule has 2 aromatic heterocycles. The predicted octanol–water partition coefficient (Wildman–Crippen LogP) is 3.61. The van der Waals surface area contributed by atoms with Crippen molar-refractivity contribution in [3.05, 3.63) is 77.8 Å². The van der Waals surface area contributed by atoms with Crippen LogP contribution in [0.1, 0.15) is 23.1 Å². The second kappa shape index (κ2) is 8.41. The lowest BCUT2D eigenvalue weighted by molar-refractivity contribution is -0.117. The van der Waals surface area contributed by atoms with Crippen molar-refractivity contribution in [3.63, 3.8) is 0 Å². The first-order chi connectivity index (χ1) is 14.1. The zero-order valence-electron chi connectivity index (χ0n) is 16.8. The van der Waals surface area contributed by atoms with Gasteiger partial charge in [0.2, 0.25) is 5.91 Å². The van der Waals surface area contributed by atoms with Gasteiger partial charge in [-0.2, -0.15) is 5.10 Å². The topological polar surface area (TPSA) is 63.1 Å². The van der Waals surface area contributed by atoms with Crippen LogP contribution in [-0.2, 0) is 4.79 Å². The van der Waals surface area contributed by atoms with Crippen molar-refractivity contribution >= 4 is 17.3 Å². The number of pyridine rings is 1. The van der Waals surface area contributed by atoms with E-state index in [0.29, 0.717) is 12.4 Å². The minimum absolute atomic E-state index is 0.0367. The smallest absolute Gasteiger partial charge is 0.239 e. The molecular weight excluding hydrogens is 362 g/mol. The summed E-state index contributed by atoms with van der Waals surface area (Å²) in [5, 5.41) is 7.36. The van der Waals surface area contributed by atoms with Crippen LogP contribution >= 0.6 is 0 Å². The Bertz CT molecular complexity index is 1020. The van der Waals surface area contributed by atoms with Crippen LogP contribution in [-0.4, -0.2) is 45.2 Å². The Morgan fingerprint density at radius 1 is 1.07 bits per heavy atom. The summed E-state index contributed by atoms with van der Waals surface area (Å²) in [6, 6.07) is 12.1. The molecule has 3 aromatic rings. The van der Waals surface area contributed by atoms with E-state index >= 15 is 0 Å². The average Bonchev–Trinajstić information content (AvgIpc) is 3.21. The maximum absolute atomic E-state index is 12.3. The van der Waals surface area contributed by atoms with E-state index in [4.69, 9.17) is 0 Å². The Balaban J connectivity index is 1.34. The van der Waals surface area contributed by atoms with Gasteiger partial charge in [-0.15, -0.1) is 0 Å². The lowest BCUT2D eigenvalue weighted by Gasteiger charge is -2.25. The van der Waals surface area contributed by atoms with Crippen molar-refractivity contribution in [1.82, 2.24) is 19.7 Å². The van der Waals surface area contributed by atoms with E-state index in [-0.39, 0.29) is 5.91 Å². The van der Waals surface area contributed by atoms with E-state index < -0.39 is 0 Å². The molecule has 6 nitrogen and oxygen atoms in total. The van der Waals surface area contributed by atoms with Crippen LogP contribution in [0.3, 0.4) is 0 Å². The number of rotatable bonds is 5. The maximum atomic E-state index is 12.3. The van der Waals surface area contributed by atoms with Gasteiger partial charge in [-0.25, -0.2) is 9.67 Å². The third-order valence-corrected chi connectivity index (χ3v) is 5.09. The van der Waals surface area contributed by atoms with Crippen LogP contribution < -0.4 is 5.32 Å². The highest BCUT2D eigenvalue weighted by Crippen LogP contribution is 2.23. The van der Waals surface area contributed by atoms with Gasteiger partial charge in [0.15, 0.2) is 0 Å². The molecule has 0 fully saturated rings. The largest absolute Gasteiger partial charge is 0.310 e. The molecule has 4 rings (SSSR count). The predicted molar refractivity (Wildman–Crippen MR) is 115 cm³/mol. The average molecular weight is 387 g/mol. The van der Waals surface area contributed by atoms with Crippen LogP contribution in [0.4, 0.5) is 5.82 Å². The van der Waals surface area contributed by atoms with Crippen LogP contribution in [0.25, 0.3) is 11.3 Å². The molecule has 1 aliphatic heterocycles. The molecule has 1 N–H and O–H groups in total. The van der Waals surface area contributed by atoms with E-state index in [0.717, 1.165) is 36.3 Å². The van der Waals surface area contributed by atoms with Gasteiger partial charge in [-0.3, -0.25) is 9.69 Å². The molecular formula is C23H25N5O. The second-order valence-electron chi connectivity index (χ2n) is 7.49. The van der Waals surface area contributed by atoms with E-state index in [1.807, 2.05) is 29.9 Å². The van der Waals surface area contributed by atoms with Gasteiger partial charge in [-0.1, -0.05) is 29.8 Å². The molecule has 0 radical (unpaired) electrons. The molecule has 0 spiro atoms. The molecule has 0 saturated carbocycles. The second-order valence-corrected chi connectivity index (χ2v) is 7.49. The first kappa shape index (κ1) is 19.1. The number of benzene rings is 1. The normalized spacial score (nSPS) is 14.5. The number of nitrogens with one attached hydrogen (secondary N) is 1. The molecule has 1 aromatic carbocycles. The Kier molecular flexibility index (Phi) is 5.53. The number of aryl methyl sites for hydroxylation is 2. The Morgan fingerprint density at radius 2 is 1.86 bits per heavy atom. The summed E-state index contributed by atoms with van der Waals surface area (Å²) in [4.78, 5) is 18.6. The summed E-state index contributed by atoms with van der Waals surface area (Å²) in [6.07, 6.45) is 8.83. The van der Waals surface area contributed by atoms with Gasteiger partial charge in [0.1, 0.15) is 5.82 Å². The van der Waals surface area contributed by atoms with Crippen molar-refractivity contribution in [1.29, 1.82) is 0 Å². The number of nitrogens with zero attached hydrogens (tertiary/aromatic N) is 4. The number of amides is 1. The highest BCUT2D eigenvalue weighted by atomic mass is 16.2. The molecule has 6 heteroatoms. The van der Waals surface area contributed by atoms with Gasteiger partial charge in [0.25, 0.3) is 0 Å². The molecule has 0 atom stereocenters. The molecule has 148 valence electrons. The SMILES string of the molecule is Cc1ccc(-n2cc(C3=CCN(CC(=O)Nc4ccc(C)cn4)CC3)cn2)cc1. The summed E-state index contributed by atoms with van der Waals surface area (Å²) < 4.78 is 1.91.